The van der Waals surface area contributed by atoms with Gasteiger partial charge in [0.25, 0.3) is 0 Å². The second-order valence-corrected chi connectivity index (χ2v) is 9.67. The Bertz CT molecular complexity index is 1060. The van der Waals surface area contributed by atoms with E-state index in [4.69, 9.17) is 28.4 Å². The van der Waals surface area contributed by atoms with Gasteiger partial charge in [-0.15, -0.1) is 0 Å². The number of ether oxygens (including phenoxy) is 6. The Morgan fingerprint density at radius 3 is 1.89 bits per heavy atom. The molecule has 0 unspecified atom stereocenters. The molecule has 2 saturated heterocycles. The fourth-order valence-electron chi connectivity index (χ4n) is 4.64. The summed E-state index contributed by atoms with van der Waals surface area (Å²) in [7, 11) is 0. The van der Waals surface area contributed by atoms with Gasteiger partial charge in [-0.1, -0.05) is 91.0 Å². The molecular formula is C30H34O6. The second kappa shape index (κ2) is 11.6. The van der Waals surface area contributed by atoms with Gasteiger partial charge < -0.3 is 28.4 Å². The Labute approximate surface area is 213 Å². The lowest BCUT2D eigenvalue weighted by atomic mass is 10.1. The molecule has 2 aliphatic heterocycles. The molecule has 0 spiro atoms. The Balaban J connectivity index is 1.32. The van der Waals surface area contributed by atoms with E-state index in [1.54, 1.807) is 0 Å². The quantitative estimate of drug-likeness (QED) is 0.366. The maximum atomic E-state index is 6.44. The number of hydrogen-bond acceptors (Lipinski definition) is 6. The van der Waals surface area contributed by atoms with E-state index < -0.39 is 18.2 Å². The lowest BCUT2D eigenvalue weighted by Gasteiger charge is -2.31. The predicted octanol–water partition coefficient (Wildman–Crippen LogP) is 5.25. The van der Waals surface area contributed by atoms with Crippen LogP contribution < -0.4 is 0 Å². The largest absolute Gasteiger partial charge is 0.374 e. The maximum Gasteiger partial charge on any atom is 0.190 e. The fourth-order valence-corrected chi connectivity index (χ4v) is 4.64. The van der Waals surface area contributed by atoms with Crippen molar-refractivity contribution in [1.82, 2.24) is 0 Å². The summed E-state index contributed by atoms with van der Waals surface area (Å²) in [4.78, 5) is 0. The normalized spacial score (nSPS) is 25.5. The Hall–Kier alpha value is -2.58. The van der Waals surface area contributed by atoms with Crippen LogP contribution in [0, 0.1) is 0 Å². The summed E-state index contributed by atoms with van der Waals surface area (Å²) in [6.07, 6.45) is -2.05. The molecule has 5 rings (SSSR count). The zero-order valence-corrected chi connectivity index (χ0v) is 20.8. The summed E-state index contributed by atoms with van der Waals surface area (Å²) in [6, 6.07) is 30.3. The molecular weight excluding hydrogens is 456 g/mol. The Morgan fingerprint density at radius 2 is 1.28 bits per heavy atom. The molecule has 0 N–H and O–H groups in total. The first kappa shape index (κ1) is 25.1. The van der Waals surface area contributed by atoms with Gasteiger partial charge in [-0.25, -0.2) is 0 Å². The van der Waals surface area contributed by atoms with Gasteiger partial charge in [-0.2, -0.15) is 0 Å². The number of benzene rings is 3. The molecule has 0 radical (unpaired) electrons. The molecule has 2 fully saturated rings. The molecule has 3 aromatic carbocycles. The highest BCUT2D eigenvalue weighted by molar-refractivity contribution is 5.15. The van der Waals surface area contributed by atoms with E-state index in [1.807, 2.05) is 105 Å². The molecule has 0 saturated carbocycles. The molecule has 3 aromatic rings. The van der Waals surface area contributed by atoms with Crippen LogP contribution in [-0.4, -0.2) is 43.1 Å². The molecule has 2 aliphatic rings. The van der Waals surface area contributed by atoms with Gasteiger partial charge in [0.2, 0.25) is 0 Å². The van der Waals surface area contributed by atoms with Crippen molar-refractivity contribution in [2.75, 3.05) is 6.61 Å². The highest BCUT2D eigenvalue weighted by Crippen LogP contribution is 2.40. The van der Waals surface area contributed by atoms with Crippen molar-refractivity contribution in [2.24, 2.45) is 0 Å². The van der Waals surface area contributed by atoms with E-state index in [-0.39, 0.29) is 18.3 Å². The first-order valence-electron chi connectivity index (χ1n) is 12.5. The topological polar surface area (TPSA) is 55.4 Å². The van der Waals surface area contributed by atoms with E-state index in [9.17, 15) is 0 Å². The summed E-state index contributed by atoms with van der Waals surface area (Å²) in [5.41, 5.74) is 3.27. The first-order chi connectivity index (χ1) is 17.6. The van der Waals surface area contributed by atoms with Crippen molar-refractivity contribution in [3.8, 4) is 0 Å². The minimum Gasteiger partial charge on any atom is -0.374 e. The minimum absolute atomic E-state index is 0.348. The third kappa shape index (κ3) is 6.40. The zero-order valence-electron chi connectivity index (χ0n) is 20.8. The van der Waals surface area contributed by atoms with E-state index >= 15 is 0 Å². The molecule has 5 atom stereocenters. The smallest absolute Gasteiger partial charge is 0.190 e. The van der Waals surface area contributed by atoms with Crippen LogP contribution >= 0.6 is 0 Å². The van der Waals surface area contributed by atoms with E-state index in [0.717, 1.165) is 16.7 Å². The maximum absolute atomic E-state index is 6.44. The molecule has 6 heteroatoms. The molecule has 6 nitrogen and oxygen atoms in total. The van der Waals surface area contributed by atoms with Gasteiger partial charge in [0, 0.05) is 0 Å². The predicted molar refractivity (Wildman–Crippen MR) is 135 cm³/mol. The van der Waals surface area contributed by atoms with Crippen molar-refractivity contribution >= 4 is 0 Å². The van der Waals surface area contributed by atoms with Crippen LogP contribution in [0.2, 0.25) is 0 Å². The Morgan fingerprint density at radius 1 is 0.722 bits per heavy atom. The van der Waals surface area contributed by atoms with Crippen molar-refractivity contribution in [3.05, 3.63) is 108 Å². The third-order valence-corrected chi connectivity index (χ3v) is 6.38. The molecule has 190 valence electrons. The van der Waals surface area contributed by atoms with Crippen molar-refractivity contribution < 1.29 is 28.4 Å². The van der Waals surface area contributed by atoms with Crippen LogP contribution in [0.15, 0.2) is 91.0 Å². The van der Waals surface area contributed by atoms with Crippen LogP contribution in [0.25, 0.3) is 0 Å². The van der Waals surface area contributed by atoms with E-state index in [2.05, 4.69) is 0 Å². The van der Waals surface area contributed by atoms with Crippen LogP contribution in [-0.2, 0) is 48.2 Å². The zero-order chi connectivity index (χ0) is 24.8. The van der Waals surface area contributed by atoms with Gasteiger partial charge in [0.15, 0.2) is 12.1 Å². The molecule has 0 aromatic heterocycles. The third-order valence-electron chi connectivity index (χ3n) is 6.38. The van der Waals surface area contributed by atoms with E-state index in [0.29, 0.717) is 26.4 Å². The SMILES string of the molecule is CC1(C)O[C@H]2O[C@H]([C@@H](COCc3ccccc3)OCc3ccccc3)[C@@H](OCc3ccccc3)[C@H]2O1. The first-order valence-corrected chi connectivity index (χ1v) is 12.5. The van der Waals surface area contributed by atoms with Crippen molar-refractivity contribution in [2.45, 2.75) is 70.2 Å². The fraction of sp³-hybridized carbons (Fsp3) is 0.400. The Kier molecular flexibility index (Phi) is 8.12. The monoisotopic (exact) mass is 490 g/mol. The van der Waals surface area contributed by atoms with Crippen molar-refractivity contribution in [3.63, 3.8) is 0 Å². The van der Waals surface area contributed by atoms with Gasteiger partial charge in [-0.05, 0) is 30.5 Å². The molecule has 2 heterocycles. The number of fused-ring (bicyclic) bond motifs is 1. The highest BCUT2D eigenvalue weighted by Gasteiger charge is 2.57. The van der Waals surface area contributed by atoms with Crippen LogP contribution in [0.3, 0.4) is 0 Å². The van der Waals surface area contributed by atoms with Crippen LogP contribution in [0.4, 0.5) is 0 Å². The summed E-state index contributed by atoms with van der Waals surface area (Å²) >= 11 is 0. The number of hydrogen-bond donors (Lipinski definition) is 0. The molecule has 0 bridgehead atoms. The number of rotatable bonds is 11. The van der Waals surface area contributed by atoms with Gasteiger partial charge in [0.1, 0.15) is 24.4 Å². The molecule has 0 aliphatic carbocycles. The van der Waals surface area contributed by atoms with Crippen molar-refractivity contribution in [1.29, 1.82) is 0 Å². The standard InChI is InChI=1S/C30H34O6/c1-30(2)35-28-27(33-20-24-16-10-5-11-17-24)26(34-29(28)36-30)25(32-19-23-14-8-4-9-15-23)21-31-18-22-12-6-3-7-13-22/h3-17,25-29H,18-21H2,1-2H3/t25-,26-,27-,28-,29-/m1/s1. The summed E-state index contributed by atoms with van der Waals surface area (Å²) in [5.74, 6) is -0.737. The van der Waals surface area contributed by atoms with Crippen LogP contribution in [0.5, 0.6) is 0 Å². The van der Waals surface area contributed by atoms with E-state index in [1.165, 1.54) is 0 Å². The average Bonchev–Trinajstić information content (AvgIpc) is 3.38. The summed E-state index contributed by atoms with van der Waals surface area (Å²) in [6.45, 7) is 5.50. The molecule has 0 amide bonds. The van der Waals surface area contributed by atoms with Gasteiger partial charge >= 0.3 is 0 Å². The highest BCUT2D eigenvalue weighted by atomic mass is 16.8. The lowest BCUT2D eigenvalue weighted by Crippen LogP contribution is -2.45. The van der Waals surface area contributed by atoms with Gasteiger partial charge in [-0.3, -0.25) is 0 Å². The van der Waals surface area contributed by atoms with Crippen LogP contribution in [0.1, 0.15) is 30.5 Å². The minimum atomic E-state index is -0.737. The summed E-state index contributed by atoms with van der Waals surface area (Å²) < 4.78 is 37.6. The second-order valence-electron chi connectivity index (χ2n) is 9.67. The molecule has 36 heavy (non-hydrogen) atoms. The average molecular weight is 491 g/mol. The van der Waals surface area contributed by atoms with Gasteiger partial charge in [0.05, 0.1) is 26.4 Å². The summed E-state index contributed by atoms with van der Waals surface area (Å²) in [5, 5.41) is 0. The lowest BCUT2D eigenvalue weighted by molar-refractivity contribution is -0.238.